The molecule has 4 rings (SSSR count). The monoisotopic (exact) mass is 512 g/mol. The molecule has 2 aromatic rings. The molecule has 0 spiro atoms. The number of unbranched alkanes of at least 4 members (excludes halogenated alkanes) is 1. The van der Waals surface area contributed by atoms with Crippen molar-refractivity contribution in [3.63, 3.8) is 0 Å². The molecule has 1 saturated heterocycles. The van der Waals surface area contributed by atoms with Crippen LogP contribution in [0, 0.1) is 12.8 Å². The highest BCUT2D eigenvalue weighted by Crippen LogP contribution is 2.33. The highest BCUT2D eigenvalue weighted by Gasteiger charge is 2.30. The third-order valence-corrected chi connectivity index (χ3v) is 7.14. The third kappa shape index (κ3) is 7.28. The Hall–Kier alpha value is -3.00. The summed E-state index contributed by atoms with van der Waals surface area (Å²) >= 11 is 0. The molecule has 202 valence electrons. The van der Waals surface area contributed by atoms with Crippen LogP contribution in [0.25, 0.3) is 0 Å². The molecule has 1 aromatic heterocycles. The van der Waals surface area contributed by atoms with Crippen LogP contribution >= 0.6 is 0 Å². The van der Waals surface area contributed by atoms with Gasteiger partial charge in [0.05, 0.1) is 19.2 Å². The standard InChI is InChI=1S/C29H40N2O6/c1-4-6-8-23(5-2)29(33)31(17-24-9-7-14-34-24)19-28(32)30(18-25-12-10-21(3)37-25)16-22-11-13-26-27(15-22)36-20-35-26/h10-13,15,23-24H,4-9,14,16-20H2,1-3H3. The Kier molecular flexibility index (Phi) is 9.50. The number of hydrogen-bond donors (Lipinski definition) is 0. The van der Waals surface area contributed by atoms with Crippen LogP contribution in [0.4, 0.5) is 0 Å². The Bertz CT molecular complexity index is 1040. The second-order valence-corrected chi connectivity index (χ2v) is 10.1. The molecule has 2 aliphatic heterocycles. The molecule has 0 aliphatic carbocycles. The Balaban J connectivity index is 1.53. The first-order valence-electron chi connectivity index (χ1n) is 13.6. The molecule has 1 fully saturated rings. The molecule has 0 N–H and O–H groups in total. The number of amides is 2. The molecule has 0 saturated carbocycles. The van der Waals surface area contributed by atoms with E-state index in [4.69, 9.17) is 18.6 Å². The summed E-state index contributed by atoms with van der Waals surface area (Å²) in [7, 11) is 0. The number of benzene rings is 1. The van der Waals surface area contributed by atoms with Gasteiger partial charge in [0, 0.05) is 25.6 Å². The Labute approximate surface area is 219 Å². The summed E-state index contributed by atoms with van der Waals surface area (Å²) < 4.78 is 22.6. The number of aryl methyl sites for hydroxylation is 1. The number of carbonyl (C=O) groups excluding carboxylic acids is 2. The van der Waals surface area contributed by atoms with Crippen molar-refractivity contribution in [3.8, 4) is 11.5 Å². The maximum Gasteiger partial charge on any atom is 0.242 e. The summed E-state index contributed by atoms with van der Waals surface area (Å²) in [5, 5.41) is 0. The van der Waals surface area contributed by atoms with Crippen molar-refractivity contribution >= 4 is 11.8 Å². The number of furan rings is 1. The van der Waals surface area contributed by atoms with E-state index < -0.39 is 0 Å². The zero-order chi connectivity index (χ0) is 26.2. The summed E-state index contributed by atoms with van der Waals surface area (Å²) in [5.74, 6) is 2.73. The third-order valence-electron chi connectivity index (χ3n) is 7.14. The van der Waals surface area contributed by atoms with E-state index in [1.807, 2.05) is 37.3 Å². The largest absolute Gasteiger partial charge is 0.464 e. The van der Waals surface area contributed by atoms with Crippen LogP contribution in [0.3, 0.4) is 0 Å². The first kappa shape index (κ1) is 27.0. The minimum absolute atomic E-state index is 0.0181. The van der Waals surface area contributed by atoms with Gasteiger partial charge in [0.15, 0.2) is 11.5 Å². The minimum atomic E-state index is -0.122. The summed E-state index contributed by atoms with van der Waals surface area (Å²) in [6, 6.07) is 9.50. The zero-order valence-corrected chi connectivity index (χ0v) is 22.4. The minimum Gasteiger partial charge on any atom is -0.464 e. The molecule has 2 unspecified atom stereocenters. The normalized spacial score (nSPS) is 17.1. The maximum atomic E-state index is 13.8. The van der Waals surface area contributed by atoms with Crippen LogP contribution in [0.2, 0.25) is 0 Å². The molecule has 3 heterocycles. The topological polar surface area (TPSA) is 81.5 Å². The van der Waals surface area contributed by atoms with E-state index in [1.54, 1.807) is 9.80 Å². The van der Waals surface area contributed by atoms with Crippen LogP contribution < -0.4 is 9.47 Å². The fourth-order valence-corrected chi connectivity index (χ4v) is 4.99. The second kappa shape index (κ2) is 13.0. The molecule has 0 radical (unpaired) electrons. The van der Waals surface area contributed by atoms with Gasteiger partial charge in [0.25, 0.3) is 0 Å². The lowest BCUT2D eigenvalue weighted by Gasteiger charge is -2.31. The quantitative estimate of drug-likeness (QED) is 0.373. The van der Waals surface area contributed by atoms with E-state index in [9.17, 15) is 9.59 Å². The van der Waals surface area contributed by atoms with Gasteiger partial charge in [0.2, 0.25) is 18.6 Å². The van der Waals surface area contributed by atoms with Gasteiger partial charge < -0.3 is 28.4 Å². The smallest absolute Gasteiger partial charge is 0.242 e. The van der Waals surface area contributed by atoms with E-state index in [1.165, 1.54) is 0 Å². The average molecular weight is 513 g/mol. The van der Waals surface area contributed by atoms with Gasteiger partial charge in [-0.2, -0.15) is 0 Å². The molecule has 0 bridgehead atoms. The molecule has 8 heteroatoms. The van der Waals surface area contributed by atoms with Crippen molar-refractivity contribution in [3.05, 3.63) is 47.4 Å². The van der Waals surface area contributed by atoms with Gasteiger partial charge in [-0.3, -0.25) is 9.59 Å². The van der Waals surface area contributed by atoms with Gasteiger partial charge in [-0.15, -0.1) is 0 Å². The van der Waals surface area contributed by atoms with Crippen LogP contribution in [0.5, 0.6) is 11.5 Å². The zero-order valence-electron chi connectivity index (χ0n) is 22.4. The Morgan fingerprint density at radius 3 is 2.59 bits per heavy atom. The van der Waals surface area contributed by atoms with Gasteiger partial charge in [0.1, 0.15) is 11.5 Å². The fraction of sp³-hybridized carbons (Fsp3) is 0.586. The van der Waals surface area contributed by atoms with E-state index >= 15 is 0 Å². The van der Waals surface area contributed by atoms with E-state index in [-0.39, 0.29) is 37.2 Å². The highest BCUT2D eigenvalue weighted by atomic mass is 16.7. The molecular weight excluding hydrogens is 472 g/mol. The highest BCUT2D eigenvalue weighted by molar-refractivity contribution is 5.86. The molecule has 2 aliphatic rings. The van der Waals surface area contributed by atoms with Crippen molar-refractivity contribution < 1.29 is 28.2 Å². The lowest BCUT2D eigenvalue weighted by Crippen LogP contribution is -2.47. The number of carbonyl (C=O) groups is 2. The molecule has 1 aromatic carbocycles. The number of nitrogens with zero attached hydrogens (tertiary/aromatic N) is 2. The van der Waals surface area contributed by atoms with E-state index in [0.29, 0.717) is 43.5 Å². The number of fused-ring (bicyclic) bond motifs is 1. The van der Waals surface area contributed by atoms with Gasteiger partial charge >= 0.3 is 0 Å². The average Bonchev–Trinajstić information content (AvgIpc) is 3.66. The summed E-state index contributed by atoms with van der Waals surface area (Å²) in [6.07, 6.45) is 5.53. The maximum absolute atomic E-state index is 13.8. The molecule has 8 nitrogen and oxygen atoms in total. The Morgan fingerprint density at radius 1 is 1.05 bits per heavy atom. The fourth-order valence-electron chi connectivity index (χ4n) is 4.99. The van der Waals surface area contributed by atoms with Crippen molar-refractivity contribution in [1.29, 1.82) is 0 Å². The van der Waals surface area contributed by atoms with Crippen LogP contribution in [0.1, 0.15) is 69.5 Å². The second-order valence-electron chi connectivity index (χ2n) is 10.1. The van der Waals surface area contributed by atoms with Crippen LogP contribution in [-0.2, 0) is 27.4 Å². The van der Waals surface area contributed by atoms with Gasteiger partial charge in [-0.05, 0) is 62.4 Å². The van der Waals surface area contributed by atoms with Crippen molar-refractivity contribution in [1.82, 2.24) is 9.80 Å². The van der Waals surface area contributed by atoms with Crippen LogP contribution in [0.15, 0.2) is 34.7 Å². The lowest BCUT2D eigenvalue weighted by molar-refractivity contribution is -0.145. The molecule has 2 amide bonds. The summed E-state index contributed by atoms with van der Waals surface area (Å²) in [6.45, 7) is 8.13. The Morgan fingerprint density at radius 2 is 1.89 bits per heavy atom. The first-order valence-corrected chi connectivity index (χ1v) is 13.6. The summed E-state index contributed by atoms with van der Waals surface area (Å²) in [5.41, 5.74) is 0.923. The number of hydrogen-bond acceptors (Lipinski definition) is 6. The predicted molar refractivity (Wildman–Crippen MR) is 139 cm³/mol. The van der Waals surface area contributed by atoms with Crippen molar-refractivity contribution in [2.24, 2.45) is 5.92 Å². The molecular formula is C29H40N2O6. The molecule has 37 heavy (non-hydrogen) atoms. The summed E-state index contributed by atoms with van der Waals surface area (Å²) in [4.78, 5) is 30.9. The van der Waals surface area contributed by atoms with Gasteiger partial charge in [-0.1, -0.05) is 32.8 Å². The van der Waals surface area contributed by atoms with Crippen molar-refractivity contribution in [2.45, 2.75) is 78.5 Å². The molecule has 2 atom stereocenters. The van der Waals surface area contributed by atoms with Gasteiger partial charge in [-0.25, -0.2) is 0 Å². The SMILES string of the molecule is CCCCC(CC)C(=O)N(CC(=O)N(Cc1ccc2c(c1)OCO2)Cc1ccc(C)o1)CC1CCCO1. The van der Waals surface area contributed by atoms with Crippen LogP contribution in [-0.4, -0.2) is 54.2 Å². The van der Waals surface area contributed by atoms with Crippen molar-refractivity contribution in [2.75, 3.05) is 26.5 Å². The first-order chi connectivity index (χ1) is 18.0. The predicted octanol–water partition coefficient (Wildman–Crippen LogP) is 5.07. The van der Waals surface area contributed by atoms with E-state index in [2.05, 4.69) is 13.8 Å². The lowest BCUT2D eigenvalue weighted by atomic mass is 9.97. The number of ether oxygens (including phenoxy) is 3. The number of rotatable bonds is 13. The van der Waals surface area contributed by atoms with E-state index in [0.717, 1.165) is 49.8 Å².